The van der Waals surface area contributed by atoms with Crippen LogP contribution in [0.3, 0.4) is 0 Å². The van der Waals surface area contributed by atoms with Gasteiger partial charge in [0.2, 0.25) is 0 Å². The van der Waals surface area contributed by atoms with E-state index in [2.05, 4.69) is 0 Å². The molecule has 0 spiro atoms. The molecular formula is C36H60O30. The molecule has 30 heteroatoms. The normalized spacial score (nSPS) is 55.4. The Labute approximate surface area is 372 Å². The van der Waals surface area contributed by atoms with Gasteiger partial charge in [0.15, 0.2) is 37.7 Å². The van der Waals surface area contributed by atoms with Crippen molar-refractivity contribution in [2.24, 2.45) is 0 Å². The Kier molecular flexibility index (Phi) is 17.6. The van der Waals surface area contributed by atoms with Crippen LogP contribution in [-0.2, 0) is 56.8 Å². The molecule has 22 heterocycles. The van der Waals surface area contributed by atoms with E-state index in [0.29, 0.717) is 0 Å². The summed E-state index contributed by atoms with van der Waals surface area (Å²) >= 11 is 0. The van der Waals surface area contributed by atoms with Crippen molar-refractivity contribution in [3.63, 3.8) is 0 Å². The van der Waals surface area contributed by atoms with Crippen LogP contribution in [0.2, 0.25) is 0 Å². The van der Waals surface area contributed by atoms with Gasteiger partial charge < -0.3 is 149 Å². The first-order valence-corrected chi connectivity index (χ1v) is 21.1. The lowest BCUT2D eigenvalue weighted by Crippen LogP contribution is -2.69. The van der Waals surface area contributed by atoms with Crippen molar-refractivity contribution in [3.05, 3.63) is 0 Å². The standard InChI is InChI=1S/C36H60O30/c37-1-7-25-13(43)19(49)31(55-7)62-26-8(2-38)57-33(21(51)15(26)45)64-28-10(4-40)59-35(23(53)17(28)47)66-30-12(6-42)60-36(24(54)18(30)48)65-29-11(5-41)58-34(22(52)16(29)46)63-27-9(3-39)56-32(61-25)20(50)14(27)44/h7-54H,1-6H2/t7-,8-,9-,10-,11-,12-,13-,14-,15-,16-,17-,18-,19+,20+,21+,22+,23+,24+,25-,26-,27-,28-,29-,30-,31-,32-,33-,34-,35-,36-/m1/s1. The van der Waals surface area contributed by atoms with E-state index in [4.69, 9.17) is 56.8 Å². The van der Waals surface area contributed by atoms with Crippen LogP contribution in [0.4, 0.5) is 0 Å². The van der Waals surface area contributed by atoms with Gasteiger partial charge in [-0.25, -0.2) is 0 Å². The molecule has 22 fully saturated rings. The highest BCUT2D eigenvalue weighted by molar-refractivity contribution is 5.01. The molecule has 0 aromatic rings. The van der Waals surface area contributed by atoms with E-state index in [1.807, 2.05) is 0 Å². The molecule has 384 valence electrons. The zero-order valence-electron chi connectivity index (χ0n) is 34.5. The molecule has 0 amide bonds. The third-order valence-corrected chi connectivity index (χ3v) is 12.7. The van der Waals surface area contributed by atoms with E-state index in [9.17, 15) is 91.9 Å². The minimum Gasteiger partial charge on any atom is -0.394 e. The number of aliphatic hydroxyl groups excluding tert-OH is 18. The summed E-state index contributed by atoms with van der Waals surface area (Å²) in [5.41, 5.74) is 0. The Bertz CT molecular complexity index is 1230. The maximum Gasteiger partial charge on any atom is 0.187 e. The predicted molar refractivity (Wildman–Crippen MR) is 196 cm³/mol. The maximum absolute atomic E-state index is 11.2. The summed E-state index contributed by atoms with van der Waals surface area (Å²) in [6.07, 6.45) is -58.5. The van der Waals surface area contributed by atoms with Crippen molar-refractivity contribution in [1.29, 1.82) is 0 Å². The zero-order valence-corrected chi connectivity index (χ0v) is 34.5. The zero-order chi connectivity index (χ0) is 48.0. The summed E-state index contributed by atoms with van der Waals surface area (Å²) in [5.74, 6) is 0. The molecule has 0 unspecified atom stereocenters. The van der Waals surface area contributed by atoms with Gasteiger partial charge in [-0.1, -0.05) is 0 Å². The van der Waals surface area contributed by atoms with Crippen molar-refractivity contribution >= 4 is 0 Å². The molecule has 0 radical (unpaired) electrons. The van der Waals surface area contributed by atoms with Crippen molar-refractivity contribution in [3.8, 4) is 0 Å². The Hall–Kier alpha value is -1.20. The average molecular weight is 973 g/mol. The summed E-state index contributed by atoms with van der Waals surface area (Å²) in [6, 6.07) is 0. The quantitative estimate of drug-likeness (QED) is 0.117. The minimum absolute atomic E-state index is 0.999. The number of hydrogen-bond donors (Lipinski definition) is 18. The van der Waals surface area contributed by atoms with Crippen molar-refractivity contribution in [2.45, 2.75) is 184 Å². The maximum atomic E-state index is 11.2. The van der Waals surface area contributed by atoms with E-state index >= 15 is 0 Å². The van der Waals surface area contributed by atoms with Gasteiger partial charge in [-0.05, 0) is 0 Å². The summed E-state index contributed by atoms with van der Waals surface area (Å²) in [7, 11) is 0. The van der Waals surface area contributed by atoms with Gasteiger partial charge >= 0.3 is 0 Å². The molecule has 18 N–H and O–H groups in total. The fourth-order valence-corrected chi connectivity index (χ4v) is 8.93. The lowest BCUT2D eigenvalue weighted by atomic mass is 9.94. The summed E-state index contributed by atoms with van der Waals surface area (Å²) in [5, 5.41) is 196. The molecule has 22 rings (SSSR count). The van der Waals surface area contributed by atoms with Gasteiger partial charge in [-0.2, -0.15) is 0 Å². The first-order chi connectivity index (χ1) is 31.4. The largest absolute Gasteiger partial charge is 0.394 e. The molecule has 0 aliphatic carbocycles. The smallest absolute Gasteiger partial charge is 0.187 e. The van der Waals surface area contributed by atoms with Gasteiger partial charge in [-0.3, -0.25) is 0 Å². The molecule has 22 aliphatic rings. The van der Waals surface area contributed by atoms with Crippen LogP contribution in [0.1, 0.15) is 0 Å². The molecule has 0 aromatic heterocycles. The molecular weight excluding hydrogens is 912 g/mol. The number of aliphatic hydroxyl groups is 18. The van der Waals surface area contributed by atoms with Crippen molar-refractivity contribution in [1.82, 2.24) is 0 Å². The van der Waals surface area contributed by atoms with Crippen molar-refractivity contribution < 1.29 is 149 Å². The first kappa shape index (κ1) is 52.6. The van der Waals surface area contributed by atoms with Crippen LogP contribution < -0.4 is 0 Å². The second-order valence-corrected chi connectivity index (χ2v) is 16.8. The van der Waals surface area contributed by atoms with Crippen LogP contribution in [-0.4, -0.2) is 316 Å². The summed E-state index contributed by atoms with van der Waals surface area (Å²) < 4.78 is 67.9. The van der Waals surface area contributed by atoms with Crippen LogP contribution >= 0.6 is 0 Å². The summed E-state index contributed by atoms with van der Waals surface area (Å²) in [4.78, 5) is 0. The highest BCUT2D eigenvalue weighted by Crippen LogP contribution is 2.38. The van der Waals surface area contributed by atoms with E-state index in [-0.39, 0.29) is 0 Å². The van der Waals surface area contributed by atoms with Crippen LogP contribution in [0.15, 0.2) is 0 Å². The van der Waals surface area contributed by atoms with Crippen LogP contribution in [0.25, 0.3) is 0 Å². The topological polar surface area (TPSA) is 475 Å². The van der Waals surface area contributed by atoms with Gasteiger partial charge in [0.05, 0.1) is 39.6 Å². The highest BCUT2D eigenvalue weighted by atomic mass is 16.8. The van der Waals surface area contributed by atoms with E-state index in [1.165, 1.54) is 0 Å². The highest BCUT2D eigenvalue weighted by Gasteiger charge is 2.58. The van der Waals surface area contributed by atoms with Gasteiger partial charge in [-0.15, -0.1) is 0 Å². The number of ether oxygens (including phenoxy) is 12. The lowest BCUT2D eigenvalue weighted by Gasteiger charge is -2.50. The van der Waals surface area contributed by atoms with Crippen molar-refractivity contribution in [2.75, 3.05) is 39.6 Å². The summed E-state index contributed by atoms with van der Waals surface area (Å²) in [6.45, 7) is -5.99. The van der Waals surface area contributed by atoms with Crippen LogP contribution in [0.5, 0.6) is 0 Å². The average Bonchev–Trinajstić information content (AvgIpc) is 3.31. The Morgan fingerprint density at radius 2 is 0.303 bits per heavy atom. The number of hydrogen-bond acceptors (Lipinski definition) is 30. The molecule has 22 saturated heterocycles. The Balaban J connectivity index is 1.19. The molecule has 30 nitrogen and oxygen atoms in total. The Morgan fingerprint density at radius 1 is 0.182 bits per heavy atom. The third kappa shape index (κ3) is 10.0. The van der Waals surface area contributed by atoms with Crippen LogP contribution in [0, 0.1) is 0 Å². The monoisotopic (exact) mass is 972 g/mol. The second-order valence-electron chi connectivity index (χ2n) is 16.8. The molecule has 0 saturated carbocycles. The fraction of sp³-hybridized carbons (Fsp3) is 1.00. The second kappa shape index (κ2) is 22.1. The molecule has 0 aromatic carbocycles. The lowest BCUT2D eigenvalue weighted by molar-refractivity contribution is -0.404. The fourth-order valence-electron chi connectivity index (χ4n) is 8.93. The molecule has 12 bridgehead atoms. The van der Waals surface area contributed by atoms with Gasteiger partial charge in [0.1, 0.15) is 146 Å². The molecule has 66 heavy (non-hydrogen) atoms. The number of rotatable bonds is 6. The predicted octanol–water partition coefficient (Wildman–Crippen LogP) is -13.1. The molecule has 22 aliphatic heterocycles. The van der Waals surface area contributed by atoms with E-state index < -0.39 is 224 Å². The van der Waals surface area contributed by atoms with E-state index in [0.717, 1.165) is 0 Å². The molecule has 30 atom stereocenters. The van der Waals surface area contributed by atoms with Gasteiger partial charge in [0, 0.05) is 0 Å². The Morgan fingerprint density at radius 3 is 0.409 bits per heavy atom. The SMILES string of the molecule is OC[C@H]1O[C@@H]2O[C@H]3[C@H](O)[C@H](O)[C@@H](O[C@H]4[C@H](O)[C@H](O)[C@@H](O[C@H]5[C@H](O)[C@H](O)[C@@H](O[C@H]6[C@H](O)[C@H](O)[C@@H](O[C@H]7[C@H](O)[C@H](O)[C@@H](O[C@H]1[C@H](O)[C@@H]2O)O[C@@H]7CO)O[C@@H]6CO)O[C@@H]5CO)O[C@@H]4CO)O[C@@H]3CO. The van der Waals surface area contributed by atoms with Gasteiger partial charge in [0.25, 0.3) is 0 Å². The van der Waals surface area contributed by atoms with E-state index in [1.54, 1.807) is 0 Å². The third-order valence-electron chi connectivity index (χ3n) is 12.7. The minimum atomic E-state index is -2.15. The first-order valence-electron chi connectivity index (χ1n) is 21.1.